The Morgan fingerprint density at radius 2 is 1.93 bits per heavy atom. The van der Waals surface area contributed by atoms with Gasteiger partial charge in [0.25, 0.3) is 0 Å². The normalized spacial score (nSPS) is 11.4. The molecule has 1 N–H and O–H groups in total. The molecule has 1 rings (SSSR count). The molecule has 0 bridgehead atoms. The van der Waals surface area contributed by atoms with Crippen molar-refractivity contribution in [2.24, 2.45) is 0 Å². The second-order valence-electron chi connectivity index (χ2n) is 2.67. The third-order valence-corrected chi connectivity index (χ3v) is 1.67. The molecular formula is C9H6F3O2. The van der Waals surface area contributed by atoms with Gasteiger partial charge in [0.15, 0.2) is 0 Å². The molecular weight excluding hydrogens is 197 g/mol. The van der Waals surface area contributed by atoms with E-state index < -0.39 is 23.3 Å². The first-order valence-electron chi connectivity index (χ1n) is 3.59. The summed E-state index contributed by atoms with van der Waals surface area (Å²) in [5, 5.41) is 8.55. The van der Waals surface area contributed by atoms with Crippen LogP contribution in [0.5, 0.6) is 0 Å². The molecule has 1 aromatic carbocycles. The molecule has 0 heterocycles. The van der Waals surface area contributed by atoms with Gasteiger partial charge < -0.3 is 5.11 Å². The minimum Gasteiger partial charge on any atom is -0.478 e. The molecule has 0 saturated carbocycles. The van der Waals surface area contributed by atoms with E-state index in [-0.39, 0.29) is 5.56 Å². The zero-order chi connectivity index (χ0) is 10.9. The fourth-order valence-electron chi connectivity index (χ4n) is 0.952. The summed E-state index contributed by atoms with van der Waals surface area (Å²) < 4.78 is 36.4. The highest BCUT2D eigenvalue weighted by Crippen LogP contribution is 2.30. The standard InChI is InChI=1S/C9H6F3O2/c1-5-2-3-6(9(10,11)12)4-7(5)8(13)14/h2-4H,1H2,(H,13,14). The lowest BCUT2D eigenvalue weighted by molar-refractivity contribution is -0.137. The number of hydrogen-bond acceptors (Lipinski definition) is 1. The smallest absolute Gasteiger partial charge is 0.416 e. The Balaban J connectivity index is 3.27. The lowest BCUT2D eigenvalue weighted by Gasteiger charge is -2.08. The van der Waals surface area contributed by atoms with Crippen LogP contribution in [0.2, 0.25) is 0 Å². The van der Waals surface area contributed by atoms with Gasteiger partial charge in [-0.05, 0) is 24.6 Å². The van der Waals surface area contributed by atoms with Gasteiger partial charge in [-0.15, -0.1) is 0 Å². The molecule has 0 fully saturated rings. The van der Waals surface area contributed by atoms with Gasteiger partial charge in [-0.3, -0.25) is 0 Å². The zero-order valence-corrected chi connectivity index (χ0v) is 6.93. The van der Waals surface area contributed by atoms with Crippen LogP contribution < -0.4 is 0 Å². The molecule has 14 heavy (non-hydrogen) atoms. The van der Waals surface area contributed by atoms with Crippen molar-refractivity contribution in [3.8, 4) is 0 Å². The Labute approximate surface area is 78.0 Å². The van der Waals surface area contributed by atoms with Gasteiger partial charge in [0.2, 0.25) is 0 Å². The van der Waals surface area contributed by atoms with Crippen LogP contribution in [-0.4, -0.2) is 11.1 Å². The quantitative estimate of drug-likeness (QED) is 0.761. The van der Waals surface area contributed by atoms with Crippen LogP contribution in [-0.2, 0) is 6.18 Å². The van der Waals surface area contributed by atoms with Gasteiger partial charge in [0, 0.05) is 0 Å². The summed E-state index contributed by atoms with van der Waals surface area (Å²) in [4.78, 5) is 10.5. The van der Waals surface area contributed by atoms with Crippen LogP contribution in [0.15, 0.2) is 18.2 Å². The summed E-state index contributed by atoms with van der Waals surface area (Å²) in [5.41, 5.74) is -1.35. The Morgan fingerprint density at radius 1 is 1.36 bits per heavy atom. The van der Waals surface area contributed by atoms with E-state index in [2.05, 4.69) is 6.92 Å². The number of hydrogen-bond donors (Lipinski definition) is 1. The van der Waals surface area contributed by atoms with E-state index in [9.17, 15) is 18.0 Å². The Hall–Kier alpha value is -1.52. The number of halogens is 3. The number of rotatable bonds is 1. The average molecular weight is 203 g/mol. The predicted molar refractivity (Wildman–Crippen MR) is 42.9 cm³/mol. The Kier molecular flexibility index (Phi) is 2.51. The first-order chi connectivity index (χ1) is 6.32. The fourth-order valence-corrected chi connectivity index (χ4v) is 0.952. The number of carbonyl (C=O) groups is 1. The van der Waals surface area contributed by atoms with Crippen LogP contribution in [0.3, 0.4) is 0 Å². The minimum absolute atomic E-state index is 0.0606. The van der Waals surface area contributed by atoms with Gasteiger partial charge in [0.1, 0.15) is 0 Å². The Morgan fingerprint density at radius 3 is 2.36 bits per heavy atom. The van der Waals surface area contributed by atoms with E-state index >= 15 is 0 Å². The molecule has 0 saturated heterocycles. The maximum Gasteiger partial charge on any atom is 0.416 e. The average Bonchev–Trinajstić information content (AvgIpc) is 2.02. The summed E-state index contributed by atoms with van der Waals surface area (Å²) in [5.74, 6) is -1.42. The van der Waals surface area contributed by atoms with Crippen molar-refractivity contribution in [2.75, 3.05) is 0 Å². The van der Waals surface area contributed by atoms with E-state index in [1.165, 1.54) is 0 Å². The third-order valence-electron chi connectivity index (χ3n) is 1.67. The van der Waals surface area contributed by atoms with Crippen LogP contribution in [0.25, 0.3) is 0 Å². The maximum absolute atomic E-state index is 12.1. The van der Waals surface area contributed by atoms with Crippen LogP contribution in [0, 0.1) is 6.92 Å². The van der Waals surface area contributed by atoms with Crippen molar-refractivity contribution in [3.63, 3.8) is 0 Å². The molecule has 5 heteroatoms. The number of alkyl halides is 3. The molecule has 0 atom stereocenters. The lowest BCUT2D eigenvalue weighted by Crippen LogP contribution is -2.08. The van der Waals surface area contributed by atoms with Crippen LogP contribution in [0.1, 0.15) is 21.5 Å². The molecule has 0 aliphatic rings. The molecule has 0 spiro atoms. The second kappa shape index (κ2) is 3.32. The lowest BCUT2D eigenvalue weighted by atomic mass is 10.1. The molecule has 1 radical (unpaired) electrons. The fraction of sp³-hybridized carbons (Fsp3) is 0.111. The van der Waals surface area contributed by atoms with Crippen molar-refractivity contribution in [3.05, 3.63) is 41.8 Å². The van der Waals surface area contributed by atoms with Gasteiger partial charge >= 0.3 is 12.1 Å². The van der Waals surface area contributed by atoms with Gasteiger partial charge in [-0.25, -0.2) is 4.79 Å². The largest absolute Gasteiger partial charge is 0.478 e. The number of carboxylic acid groups (broad SMARTS) is 1. The van der Waals surface area contributed by atoms with Crippen molar-refractivity contribution in [1.29, 1.82) is 0 Å². The van der Waals surface area contributed by atoms with Gasteiger partial charge in [-0.2, -0.15) is 13.2 Å². The summed E-state index contributed by atoms with van der Waals surface area (Å²) >= 11 is 0. The first kappa shape index (κ1) is 10.6. The van der Waals surface area contributed by atoms with Gasteiger partial charge in [0.05, 0.1) is 11.1 Å². The summed E-state index contributed by atoms with van der Waals surface area (Å²) in [6.07, 6.45) is -4.53. The van der Waals surface area contributed by atoms with Crippen molar-refractivity contribution < 1.29 is 23.1 Å². The summed E-state index contributed by atoms with van der Waals surface area (Å²) in [7, 11) is 0. The van der Waals surface area contributed by atoms with Crippen molar-refractivity contribution >= 4 is 5.97 Å². The third kappa shape index (κ3) is 2.04. The monoisotopic (exact) mass is 203 g/mol. The SMILES string of the molecule is [CH2]c1ccc(C(F)(F)F)cc1C(=O)O. The first-order valence-corrected chi connectivity index (χ1v) is 3.59. The van der Waals surface area contributed by atoms with E-state index in [4.69, 9.17) is 5.11 Å². The topological polar surface area (TPSA) is 37.3 Å². The van der Waals surface area contributed by atoms with Crippen LogP contribution >= 0.6 is 0 Å². The number of benzene rings is 1. The molecule has 0 amide bonds. The van der Waals surface area contributed by atoms with E-state index in [0.29, 0.717) is 6.07 Å². The maximum atomic E-state index is 12.1. The zero-order valence-electron chi connectivity index (χ0n) is 6.93. The number of carboxylic acids is 1. The summed E-state index contributed by atoms with van der Waals surface area (Å²) in [6, 6.07) is 2.41. The van der Waals surface area contributed by atoms with Crippen LogP contribution in [0.4, 0.5) is 13.2 Å². The highest BCUT2D eigenvalue weighted by atomic mass is 19.4. The van der Waals surface area contributed by atoms with Crippen molar-refractivity contribution in [2.45, 2.75) is 6.18 Å². The minimum atomic E-state index is -4.53. The van der Waals surface area contributed by atoms with E-state index in [1.54, 1.807) is 0 Å². The summed E-state index contributed by atoms with van der Waals surface area (Å²) in [6.45, 7) is 3.32. The van der Waals surface area contributed by atoms with Gasteiger partial charge in [-0.1, -0.05) is 6.07 Å². The van der Waals surface area contributed by atoms with E-state index in [0.717, 1.165) is 12.1 Å². The number of aromatic carboxylic acids is 1. The molecule has 0 unspecified atom stereocenters. The van der Waals surface area contributed by atoms with Crippen molar-refractivity contribution in [1.82, 2.24) is 0 Å². The molecule has 1 aromatic rings. The predicted octanol–water partition coefficient (Wildman–Crippen LogP) is 2.59. The molecule has 75 valence electrons. The second-order valence-corrected chi connectivity index (χ2v) is 2.67. The highest BCUT2D eigenvalue weighted by Gasteiger charge is 2.31. The molecule has 0 aliphatic heterocycles. The molecule has 2 nitrogen and oxygen atoms in total. The highest BCUT2D eigenvalue weighted by molar-refractivity contribution is 5.90. The molecule has 0 aromatic heterocycles. The molecule has 0 aliphatic carbocycles. The van der Waals surface area contributed by atoms with E-state index in [1.807, 2.05) is 0 Å². The Bertz CT molecular complexity index is 369.